The summed E-state index contributed by atoms with van der Waals surface area (Å²) in [5, 5.41) is 5.28. The van der Waals surface area contributed by atoms with Crippen molar-refractivity contribution >= 4 is 23.6 Å². The van der Waals surface area contributed by atoms with Gasteiger partial charge in [-0.15, -0.1) is 11.8 Å². The van der Waals surface area contributed by atoms with Crippen molar-refractivity contribution in [3.8, 4) is 0 Å². The Labute approximate surface area is 170 Å². The molecule has 2 atom stereocenters. The first-order valence-electron chi connectivity index (χ1n) is 10.2. The smallest absolute Gasteiger partial charge is 0.243 e. The largest absolute Gasteiger partial charge is 0.378 e. The van der Waals surface area contributed by atoms with Crippen molar-refractivity contribution in [3.63, 3.8) is 0 Å². The van der Waals surface area contributed by atoms with Crippen molar-refractivity contribution in [2.24, 2.45) is 0 Å². The number of nitrogens with one attached hydrogen (secondary N) is 2. The van der Waals surface area contributed by atoms with Gasteiger partial charge >= 0.3 is 0 Å². The Bertz CT molecular complexity index is 667. The molecular formula is C21H29FN2O3S. The lowest BCUT2D eigenvalue weighted by molar-refractivity contribution is -0.128. The highest BCUT2D eigenvalue weighted by atomic mass is 32.2. The van der Waals surface area contributed by atoms with Crippen molar-refractivity contribution < 1.29 is 18.7 Å². The molecule has 1 saturated carbocycles. The predicted molar refractivity (Wildman–Crippen MR) is 109 cm³/mol. The maximum Gasteiger partial charge on any atom is 0.243 e. The average molecular weight is 409 g/mol. The van der Waals surface area contributed by atoms with Crippen molar-refractivity contribution in [2.45, 2.75) is 62.3 Å². The van der Waals surface area contributed by atoms with Gasteiger partial charge in [-0.3, -0.25) is 9.59 Å². The highest BCUT2D eigenvalue weighted by molar-refractivity contribution is 8.00. The molecule has 2 amide bonds. The number of ether oxygens (including phenoxy) is 1. The molecule has 3 rings (SSSR count). The second-order valence-electron chi connectivity index (χ2n) is 7.45. The van der Waals surface area contributed by atoms with Gasteiger partial charge < -0.3 is 15.4 Å². The third-order valence-corrected chi connectivity index (χ3v) is 6.59. The summed E-state index contributed by atoms with van der Waals surface area (Å²) in [5.74, 6) is -0.177. The normalized spacial score (nSPS) is 23.2. The third-order valence-electron chi connectivity index (χ3n) is 5.28. The van der Waals surface area contributed by atoms with E-state index in [1.165, 1.54) is 37.1 Å². The van der Waals surface area contributed by atoms with Gasteiger partial charge in [-0.25, -0.2) is 4.39 Å². The first-order valence-corrected chi connectivity index (χ1v) is 11.2. The minimum atomic E-state index is -0.534. The summed E-state index contributed by atoms with van der Waals surface area (Å²) in [5.41, 5.74) is 0.524. The zero-order chi connectivity index (χ0) is 19.8. The molecule has 2 aliphatic rings. The van der Waals surface area contributed by atoms with Crippen LogP contribution in [0.1, 0.15) is 44.1 Å². The fourth-order valence-corrected chi connectivity index (χ4v) is 4.82. The highest BCUT2D eigenvalue weighted by Crippen LogP contribution is 2.23. The molecule has 0 radical (unpaired) electrons. The molecule has 7 heteroatoms. The molecule has 2 N–H and O–H groups in total. The van der Waals surface area contributed by atoms with E-state index in [0.717, 1.165) is 19.3 Å². The molecule has 2 unspecified atom stereocenters. The van der Waals surface area contributed by atoms with E-state index in [4.69, 9.17) is 4.74 Å². The minimum Gasteiger partial charge on any atom is -0.378 e. The molecule has 1 aliphatic carbocycles. The number of amides is 2. The van der Waals surface area contributed by atoms with Crippen LogP contribution in [-0.4, -0.2) is 48.1 Å². The minimum absolute atomic E-state index is 0.164. The van der Waals surface area contributed by atoms with Crippen LogP contribution < -0.4 is 10.6 Å². The molecule has 0 aromatic heterocycles. The summed E-state index contributed by atoms with van der Waals surface area (Å²) >= 11 is 1.41. The monoisotopic (exact) mass is 408 g/mol. The summed E-state index contributed by atoms with van der Waals surface area (Å²) in [6, 6.07) is 5.95. The fourth-order valence-electron chi connectivity index (χ4n) is 3.64. The standard InChI is InChI=1S/C21H29FN2O3S/c22-17-10-5-4-7-15(17)13-19-21(26)24-18(14-28-19)20(25)23-11-6-12-27-16-8-2-1-3-9-16/h4-5,7,10,16,18-19H,1-3,6,8-9,11-14H2,(H,23,25)(H,24,26). The summed E-state index contributed by atoms with van der Waals surface area (Å²) in [7, 11) is 0. The number of carbonyl (C=O) groups excluding carboxylic acids is 2. The first kappa shape index (κ1) is 21.1. The van der Waals surface area contributed by atoms with Crippen LogP contribution in [0.2, 0.25) is 0 Å². The molecule has 5 nitrogen and oxygen atoms in total. The molecule has 1 aliphatic heterocycles. The van der Waals surface area contributed by atoms with Crippen LogP contribution in [-0.2, 0) is 20.7 Å². The first-order chi connectivity index (χ1) is 13.6. The van der Waals surface area contributed by atoms with Crippen LogP contribution >= 0.6 is 11.8 Å². The zero-order valence-corrected chi connectivity index (χ0v) is 16.9. The van der Waals surface area contributed by atoms with Crippen molar-refractivity contribution in [1.82, 2.24) is 10.6 Å². The summed E-state index contributed by atoms with van der Waals surface area (Å²) in [6.45, 7) is 1.20. The van der Waals surface area contributed by atoms with Crippen LogP contribution in [0.4, 0.5) is 4.39 Å². The Kier molecular flexibility index (Phi) is 8.15. The van der Waals surface area contributed by atoms with Crippen LogP contribution in [0, 0.1) is 5.82 Å². The number of halogens is 1. The van der Waals surface area contributed by atoms with E-state index in [0.29, 0.717) is 37.0 Å². The molecule has 28 heavy (non-hydrogen) atoms. The van der Waals surface area contributed by atoms with E-state index >= 15 is 0 Å². The van der Waals surface area contributed by atoms with Gasteiger partial charge in [-0.1, -0.05) is 37.5 Å². The van der Waals surface area contributed by atoms with Crippen LogP contribution in [0.15, 0.2) is 24.3 Å². The molecule has 0 bridgehead atoms. The average Bonchev–Trinajstić information content (AvgIpc) is 2.71. The van der Waals surface area contributed by atoms with Crippen molar-refractivity contribution in [1.29, 1.82) is 0 Å². The summed E-state index contributed by atoms with van der Waals surface area (Å²) < 4.78 is 19.6. The number of hydrogen-bond donors (Lipinski definition) is 2. The number of hydrogen-bond acceptors (Lipinski definition) is 4. The molecule has 1 aromatic carbocycles. The third kappa shape index (κ3) is 6.21. The van der Waals surface area contributed by atoms with E-state index in [2.05, 4.69) is 10.6 Å². The Hall–Kier alpha value is -1.60. The molecule has 2 fully saturated rings. The molecule has 0 spiro atoms. The van der Waals surface area contributed by atoms with E-state index < -0.39 is 6.04 Å². The van der Waals surface area contributed by atoms with Gasteiger partial charge in [0.1, 0.15) is 11.9 Å². The number of thioether (sulfide) groups is 1. The zero-order valence-electron chi connectivity index (χ0n) is 16.1. The number of benzene rings is 1. The quantitative estimate of drug-likeness (QED) is 0.649. The molecule has 1 saturated heterocycles. The van der Waals surface area contributed by atoms with Crippen LogP contribution in [0.25, 0.3) is 0 Å². The van der Waals surface area contributed by atoms with Gasteiger partial charge in [0, 0.05) is 18.9 Å². The van der Waals surface area contributed by atoms with E-state index in [-0.39, 0.29) is 22.9 Å². The molecule has 1 heterocycles. The lowest BCUT2D eigenvalue weighted by Gasteiger charge is -2.28. The fraction of sp³-hybridized carbons (Fsp3) is 0.619. The lowest BCUT2D eigenvalue weighted by atomic mass is 9.98. The molecule has 154 valence electrons. The Morgan fingerprint density at radius 1 is 1.25 bits per heavy atom. The Balaban J connectivity index is 1.33. The van der Waals surface area contributed by atoms with E-state index in [1.54, 1.807) is 18.2 Å². The Morgan fingerprint density at radius 3 is 2.79 bits per heavy atom. The SMILES string of the molecule is O=C(NCCCOC1CCCCC1)C1CSC(Cc2ccccc2F)C(=O)N1. The summed E-state index contributed by atoms with van der Waals surface area (Å²) in [4.78, 5) is 24.6. The topological polar surface area (TPSA) is 67.4 Å². The van der Waals surface area contributed by atoms with Gasteiger partial charge in [0.25, 0.3) is 0 Å². The predicted octanol–water partition coefficient (Wildman–Crippen LogP) is 2.82. The van der Waals surface area contributed by atoms with E-state index in [1.807, 2.05) is 0 Å². The van der Waals surface area contributed by atoms with Gasteiger partial charge in [0.05, 0.1) is 11.4 Å². The molecular weight excluding hydrogens is 379 g/mol. The molecule has 1 aromatic rings. The van der Waals surface area contributed by atoms with Gasteiger partial charge in [0.2, 0.25) is 11.8 Å². The van der Waals surface area contributed by atoms with Crippen molar-refractivity contribution in [2.75, 3.05) is 18.9 Å². The van der Waals surface area contributed by atoms with Gasteiger partial charge in [-0.05, 0) is 37.3 Å². The highest BCUT2D eigenvalue weighted by Gasteiger charge is 2.32. The number of rotatable bonds is 8. The summed E-state index contributed by atoms with van der Waals surface area (Å²) in [6.07, 6.45) is 7.57. The second kappa shape index (κ2) is 10.8. The lowest BCUT2D eigenvalue weighted by Crippen LogP contribution is -2.54. The maximum absolute atomic E-state index is 13.8. The van der Waals surface area contributed by atoms with Crippen molar-refractivity contribution in [3.05, 3.63) is 35.6 Å². The van der Waals surface area contributed by atoms with Crippen LogP contribution in [0.5, 0.6) is 0 Å². The number of carbonyl (C=O) groups is 2. The second-order valence-corrected chi connectivity index (χ2v) is 8.69. The van der Waals surface area contributed by atoms with Gasteiger partial charge in [0.15, 0.2) is 0 Å². The van der Waals surface area contributed by atoms with E-state index in [9.17, 15) is 14.0 Å². The Morgan fingerprint density at radius 2 is 2.04 bits per heavy atom. The van der Waals surface area contributed by atoms with Crippen LogP contribution in [0.3, 0.4) is 0 Å². The maximum atomic E-state index is 13.8. The van der Waals surface area contributed by atoms with Gasteiger partial charge in [-0.2, -0.15) is 0 Å².